The second-order valence-electron chi connectivity index (χ2n) is 2.01. The number of anilines is 1. The Kier molecular flexibility index (Phi) is 2.01. The van der Waals surface area contributed by atoms with Crippen molar-refractivity contribution in [1.29, 1.82) is 0 Å². The Hall–Kier alpha value is -1.22. The lowest BCUT2D eigenvalue weighted by atomic mass is 10.2. The number of hydrogen-bond acceptors (Lipinski definition) is 3. The van der Waals surface area contributed by atoms with E-state index >= 15 is 0 Å². The van der Waals surface area contributed by atoms with Crippen molar-refractivity contribution in [1.82, 2.24) is 0 Å². The molecule has 0 aromatic heterocycles. The molecule has 1 rings (SSSR count). The Morgan fingerprint density at radius 2 is 2.18 bits per heavy atom. The number of rotatable bonds is 1. The van der Waals surface area contributed by atoms with Crippen LogP contribution in [0, 0.1) is 0 Å². The monoisotopic (exact) mass is 171 g/mol. The van der Waals surface area contributed by atoms with Crippen molar-refractivity contribution in [3.05, 3.63) is 22.7 Å². The lowest BCUT2D eigenvalue weighted by Gasteiger charge is -2.02. The third-order valence-electron chi connectivity index (χ3n) is 1.33. The first-order valence-electron chi connectivity index (χ1n) is 2.89. The summed E-state index contributed by atoms with van der Waals surface area (Å²) in [6.07, 6.45) is 0.511. The van der Waals surface area contributed by atoms with Crippen molar-refractivity contribution in [3.63, 3.8) is 0 Å². The summed E-state index contributed by atoms with van der Waals surface area (Å²) in [6, 6.07) is 2.75. The molecule has 1 aromatic rings. The average Bonchev–Trinajstić information content (AvgIpc) is 1.99. The van der Waals surface area contributed by atoms with E-state index < -0.39 is 0 Å². The van der Waals surface area contributed by atoms with Gasteiger partial charge < -0.3 is 10.8 Å². The van der Waals surface area contributed by atoms with Gasteiger partial charge in [0.1, 0.15) is 5.75 Å². The molecule has 3 N–H and O–H groups in total. The van der Waals surface area contributed by atoms with E-state index in [0.717, 1.165) is 0 Å². The molecule has 0 aliphatic rings. The topological polar surface area (TPSA) is 63.3 Å². The van der Waals surface area contributed by atoms with Crippen molar-refractivity contribution in [3.8, 4) is 5.75 Å². The van der Waals surface area contributed by atoms with Crippen molar-refractivity contribution in [2.45, 2.75) is 0 Å². The summed E-state index contributed by atoms with van der Waals surface area (Å²) < 4.78 is 0. The molecule has 0 unspecified atom stereocenters. The number of nitrogen functional groups attached to an aromatic ring is 1. The van der Waals surface area contributed by atoms with Crippen molar-refractivity contribution >= 4 is 23.6 Å². The highest BCUT2D eigenvalue weighted by Crippen LogP contribution is 2.28. The first kappa shape index (κ1) is 7.88. The molecule has 0 radical (unpaired) electrons. The minimum absolute atomic E-state index is 0.0208. The molecule has 0 fully saturated rings. The number of carbonyl (C=O) groups excluding carboxylic acids is 1. The predicted molar refractivity (Wildman–Crippen MR) is 42.9 cm³/mol. The SMILES string of the molecule is Nc1c(O)ccc(Cl)c1C=O. The lowest BCUT2D eigenvalue weighted by molar-refractivity contribution is 0.112. The maximum Gasteiger partial charge on any atom is 0.153 e. The van der Waals surface area contributed by atoms with E-state index in [4.69, 9.17) is 22.4 Å². The molecular weight excluding hydrogens is 166 g/mol. The fourth-order valence-electron chi connectivity index (χ4n) is 0.718. The molecule has 0 saturated heterocycles. The molecule has 0 heterocycles. The van der Waals surface area contributed by atoms with Gasteiger partial charge in [-0.3, -0.25) is 4.79 Å². The van der Waals surface area contributed by atoms with Gasteiger partial charge in [-0.2, -0.15) is 0 Å². The summed E-state index contributed by atoms with van der Waals surface area (Å²) >= 11 is 5.58. The first-order valence-corrected chi connectivity index (χ1v) is 3.26. The number of nitrogens with two attached hydrogens (primary N) is 1. The van der Waals surface area contributed by atoms with Gasteiger partial charge in [-0.1, -0.05) is 11.6 Å². The average molecular weight is 172 g/mol. The molecule has 3 nitrogen and oxygen atoms in total. The number of carbonyl (C=O) groups is 1. The smallest absolute Gasteiger partial charge is 0.153 e. The van der Waals surface area contributed by atoms with Gasteiger partial charge in [-0.25, -0.2) is 0 Å². The number of benzene rings is 1. The molecule has 0 aliphatic heterocycles. The highest BCUT2D eigenvalue weighted by atomic mass is 35.5. The minimum Gasteiger partial charge on any atom is -0.506 e. The van der Waals surface area contributed by atoms with Crippen LogP contribution in [0.5, 0.6) is 5.75 Å². The van der Waals surface area contributed by atoms with Crippen molar-refractivity contribution < 1.29 is 9.90 Å². The van der Waals surface area contributed by atoms with Crippen LogP contribution in [0.4, 0.5) is 5.69 Å². The van der Waals surface area contributed by atoms with Crippen LogP contribution in [0.2, 0.25) is 5.02 Å². The maximum atomic E-state index is 10.3. The Morgan fingerprint density at radius 3 is 2.64 bits per heavy atom. The number of phenols is 1. The molecule has 0 atom stereocenters. The normalized spacial score (nSPS) is 9.55. The molecule has 4 heteroatoms. The molecule has 1 aromatic carbocycles. The number of hydrogen-bond donors (Lipinski definition) is 2. The highest BCUT2D eigenvalue weighted by molar-refractivity contribution is 6.33. The zero-order valence-corrected chi connectivity index (χ0v) is 6.30. The zero-order chi connectivity index (χ0) is 8.43. The van der Waals surface area contributed by atoms with E-state index in [-0.39, 0.29) is 22.0 Å². The summed E-state index contributed by atoms with van der Waals surface area (Å²) in [5.41, 5.74) is 5.48. The van der Waals surface area contributed by atoms with Gasteiger partial charge in [-0.05, 0) is 12.1 Å². The van der Waals surface area contributed by atoms with Crippen molar-refractivity contribution in [2.24, 2.45) is 0 Å². The second kappa shape index (κ2) is 2.80. The fraction of sp³-hybridized carbons (Fsp3) is 0. The first-order chi connectivity index (χ1) is 5.16. The molecule has 0 aliphatic carbocycles. The van der Waals surface area contributed by atoms with E-state index in [9.17, 15) is 4.79 Å². The zero-order valence-electron chi connectivity index (χ0n) is 5.54. The van der Waals surface area contributed by atoms with E-state index in [2.05, 4.69) is 0 Å². The highest BCUT2D eigenvalue weighted by Gasteiger charge is 2.06. The van der Waals surface area contributed by atoms with Crippen LogP contribution in [0.15, 0.2) is 12.1 Å². The molecule has 11 heavy (non-hydrogen) atoms. The summed E-state index contributed by atoms with van der Waals surface area (Å²) in [7, 11) is 0. The number of aromatic hydroxyl groups is 1. The number of halogens is 1. The van der Waals surface area contributed by atoms with E-state index in [1.165, 1.54) is 12.1 Å². The standard InChI is InChI=1S/C7H6ClNO2/c8-5-1-2-6(11)7(9)4(5)3-10/h1-3,11H,9H2. The van der Waals surface area contributed by atoms with Crippen LogP contribution in [-0.4, -0.2) is 11.4 Å². The van der Waals surface area contributed by atoms with E-state index in [0.29, 0.717) is 6.29 Å². The van der Waals surface area contributed by atoms with Gasteiger partial charge in [0.15, 0.2) is 6.29 Å². The van der Waals surface area contributed by atoms with Gasteiger partial charge in [0.25, 0.3) is 0 Å². The van der Waals surface area contributed by atoms with Gasteiger partial charge in [0.2, 0.25) is 0 Å². The van der Waals surface area contributed by atoms with Crippen molar-refractivity contribution in [2.75, 3.05) is 5.73 Å². The predicted octanol–water partition coefficient (Wildman–Crippen LogP) is 1.44. The Bertz CT molecular complexity index is 299. The molecular formula is C7H6ClNO2. The molecule has 0 bridgehead atoms. The number of aldehydes is 1. The molecule has 0 saturated carbocycles. The van der Waals surface area contributed by atoms with Crippen LogP contribution in [0.1, 0.15) is 10.4 Å². The molecule has 0 amide bonds. The van der Waals surface area contributed by atoms with Gasteiger partial charge in [0.05, 0.1) is 16.3 Å². The van der Waals surface area contributed by atoms with Gasteiger partial charge in [0, 0.05) is 0 Å². The van der Waals surface area contributed by atoms with E-state index in [1.54, 1.807) is 0 Å². The summed E-state index contributed by atoms with van der Waals surface area (Å²) in [6.45, 7) is 0. The Morgan fingerprint density at radius 1 is 1.55 bits per heavy atom. The van der Waals surface area contributed by atoms with Gasteiger partial charge in [-0.15, -0.1) is 0 Å². The van der Waals surface area contributed by atoms with Crippen LogP contribution in [0.25, 0.3) is 0 Å². The fourth-order valence-corrected chi connectivity index (χ4v) is 0.927. The minimum atomic E-state index is -0.128. The lowest BCUT2D eigenvalue weighted by Crippen LogP contribution is -1.93. The second-order valence-corrected chi connectivity index (χ2v) is 2.42. The van der Waals surface area contributed by atoms with Crippen LogP contribution < -0.4 is 5.73 Å². The molecule has 58 valence electrons. The summed E-state index contributed by atoms with van der Waals surface area (Å²) in [5.74, 6) is -0.128. The summed E-state index contributed by atoms with van der Waals surface area (Å²) in [4.78, 5) is 10.3. The largest absolute Gasteiger partial charge is 0.506 e. The van der Waals surface area contributed by atoms with Crippen LogP contribution in [0.3, 0.4) is 0 Å². The maximum absolute atomic E-state index is 10.3. The third kappa shape index (κ3) is 1.28. The van der Waals surface area contributed by atoms with Gasteiger partial charge >= 0.3 is 0 Å². The Balaban J connectivity index is 3.40. The van der Waals surface area contributed by atoms with Crippen LogP contribution in [-0.2, 0) is 0 Å². The molecule has 0 spiro atoms. The summed E-state index contributed by atoms with van der Waals surface area (Å²) in [5, 5.41) is 9.26. The Labute approximate surface area is 68.4 Å². The quantitative estimate of drug-likeness (QED) is 0.382. The van der Waals surface area contributed by atoms with Crippen LogP contribution >= 0.6 is 11.6 Å². The third-order valence-corrected chi connectivity index (χ3v) is 1.66. The number of phenolic OH excluding ortho intramolecular Hbond substituents is 1. The van der Waals surface area contributed by atoms with E-state index in [1.807, 2.05) is 0 Å².